The van der Waals surface area contributed by atoms with Gasteiger partial charge in [-0.3, -0.25) is 4.79 Å². The van der Waals surface area contributed by atoms with E-state index in [-0.39, 0.29) is 5.57 Å². The minimum Gasteiger partial charge on any atom is -0.490 e. The molecule has 3 aromatic rings. The number of amides is 1. The molecule has 0 spiro atoms. The van der Waals surface area contributed by atoms with Crippen LogP contribution in [0.25, 0.3) is 6.08 Å². The van der Waals surface area contributed by atoms with Crippen LogP contribution in [0.2, 0.25) is 0 Å². The van der Waals surface area contributed by atoms with Crippen molar-refractivity contribution in [2.24, 2.45) is 0 Å². The molecular weight excluding hydrogens is 607 g/mol. The largest absolute Gasteiger partial charge is 0.490 e. The van der Waals surface area contributed by atoms with Gasteiger partial charge >= 0.3 is 0 Å². The molecule has 0 aliphatic rings. The van der Waals surface area contributed by atoms with E-state index in [1.54, 1.807) is 12.1 Å². The lowest BCUT2D eigenvalue weighted by atomic mass is 10.1. The third kappa shape index (κ3) is 6.84. The van der Waals surface area contributed by atoms with E-state index in [0.717, 1.165) is 24.7 Å². The molecule has 174 valence electrons. The van der Waals surface area contributed by atoms with Gasteiger partial charge < -0.3 is 14.8 Å². The van der Waals surface area contributed by atoms with E-state index in [1.165, 1.54) is 0 Å². The van der Waals surface area contributed by atoms with Crippen LogP contribution in [0.5, 0.6) is 11.5 Å². The molecule has 5 nitrogen and oxygen atoms in total. The van der Waals surface area contributed by atoms with E-state index in [9.17, 15) is 10.1 Å². The molecule has 34 heavy (non-hydrogen) atoms. The number of nitrogens with zero attached hydrogens (tertiary/aromatic N) is 1. The molecule has 1 N–H and O–H groups in total. The molecule has 0 radical (unpaired) electrons. The van der Waals surface area contributed by atoms with Crippen molar-refractivity contribution in [2.45, 2.75) is 27.4 Å². The zero-order valence-corrected chi connectivity index (χ0v) is 22.9. The van der Waals surface area contributed by atoms with Gasteiger partial charge in [-0.25, -0.2) is 0 Å². The molecule has 0 atom stereocenters. The molecule has 7 heteroatoms. The topological polar surface area (TPSA) is 71.3 Å². The molecule has 3 rings (SSSR count). The molecule has 0 bridgehead atoms. The summed E-state index contributed by atoms with van der Waals surface area (Å²) in [7, 11) is 0. The average molecular weight is 631 g/mol. The summed E-state index contributed by atoms with van der Waals surface area (Å²) in [6.07, 6.45) is 1.56. The molecule has 0 unspecified atom stereocenters. The highest BCUT2D eigenvalue weighted by atomic mass is 127. The number of anilines is 1. The fraction of sp³-hybridized carbons (Fsp3) is 0.185. The van der Waals surface area contributed by atoms with Gasteiger partial charge in [-0.15, -0.1) is 0 Å². The van der Waals surface area contributed by atoms with E-state index in [0.29, 0.717) is 36.0 Å². The van der Waals surface area contributed by atoms with Gasteiger partial charge in [0, 0.05) is 10.2 Å². The highest BCUT2D eigenvalue weighted by Gasteiger charge is 2.15. The summed E-state index contributed by atoms with van der Waals surface area (Å²) in [5.74, 6) is 0.726. The van der Waals surface area contributed by atoms with E-state index in [4.69, 9.17) is 9.47 Å². The lowest BCUT2D eigenvalue weighted by Crippen LogP contribution is -2.14. The Hall–Kier alpha value is -2.83. The van der Waals surface area contributed by atoms with Gasteiger partial charge in [0.1, 0.15) is 18.2 Å². The maximum atomic E-state index is 12.8. The molecule has 0 saturated heterocycles. The predicted molar refractivity (Wildman–Crippen MR) is 147 cm³/mol. The summed E-state index contributed by atoms with van der Waals surface area (Å²) in [5.41, 5.74) is 4.43. The van der Waals surface area contributed by atoms with Crippen molar-refractivity contribution in [2.75, 3.05) is 11.9 Å². The third-order valence-electron chi connectivity index (χ3n) is 4.93. The first kappa shape index (κ1) is 25.8. The Morgan fingerprint density at radius 3 is 2.50 bits per heavy atom. The van der Waals surface area contributed by atoms with Gasteiger partial charge in [0.25, 0.3) is 5.91 Å². The summed E-state index contributed by atoms with van der Waals surface area (Å²) in [6.45, 7) is 6.65. The Labute approximate surface area is 222 Å². The first-order valence-corrected chi connectivity index (χ1v) is 12.5. The van der Waals surface area contributed by atoms with Crippen molar-refractivity contribution < 1.29 is 14.3 Å². The summed E-state index contributed by atoms with van der Waals surface area (Å²) in [5, 5.41) is 12.5. The monoisotopic (exact) mass is 630 g/mol. The average Bonchev–Trinajstić information content (AvgIpc) is 2.80. The van der Waals surface area contributed by atoms with Gasteiger partial charge in [-0.1, -0.05) is 45.8 Å². The number of hydrogen-bond donors (Lipinski definition) is 1. The molecule has 0 heterocycles. The van der Waals surface area contributed by atoms with Crippen LogP contribution in [0.4, 0.5) is 5.69 Å². The lowest BCUT2D eigenvalue weighted by molar-refractivity contribution is -0.112. The number of carbonyl (C=O) groups is 1. The van der Waals surface area contributed by atoms with E-state index < -0.39 is 5.91 Å². The quantitative estimate of drug-likeness (QED) is 0.162. The molecular formula is C27H24BrIN2O3. The van der Waals surface area contributed by atoms with Crippen LogP contribution in [-0.4, -0.2) is 12.5 Å². The smallest absolute Gasteiger partial charge is 0.266 e. The van der Waals surface area contributed by atoms with Gasteiger partial charge in [0.2, 0.25) is 0 Å². The fourth-order valence-corrected chi connectivity index (χ4v) is 4.31. The van der Waals surface area contributed by atoms with E-state index in [1.807, 2.05) is 75.4 Å². The molecule has 1 amide bonds. The van der Waals surface area contributed by atoms with Crippen molar-refractivity contribution >= 4 is 56.2 Å². The van der Waals surface area contributed by atoms with Crippen LogP contribution >= 0.6 is 38.5 Å². The molecule has 0 fully saturated rings. The summed E-state index contributed by atoms with van der Waals surface area (Å²) in [4.78, 5) is 12.8. The maximum Gasteiger partial charge on any atom is 0.266 e. The maximum absolute atomic E-state index is 12.8. The zero-order chi connectivity index (χ0) is 24.7. The van der Waals surface area contributed by atoms with Crippen molar-refractivity contribution in [3.8, 4) is 17.6 Å². The molecule has 0 aliphatic heterocycles. The summed E-state index contributed by atoms with van der Waals surface area (Å²) < 4.78 is 13.7. The highest BCUT2D eigenvalue weighted by molar-refractivity contribution is 14.1. The number of benzene rings is 3. The van der Waals surface area contributed by atoms with Gasteiger partial charge in [-0.2, -0.15) is 5.26 Å². The first-order valence-electron chi connectivity index (χ1n) is 10.6. The van der Waals surface area contributed by atoms with Gasteiger partial charge in [-0.05, 0) is 96.5 Å². The fourth-order valence-electron chi connectivity index (χ4n) is 3.27. The standard InChI is InChI=1S/C27H24BrIN2O3/c1-4-33-25-14-20(13-23(29)26(25)34-16-19-6-8-22(28)9-7-19)12-21(15-30)27(32)31-24-10-5-17(2)11-18(24)3/h5-14H,4,16H2,1-3H3,(H,31,32)/b21-12-. The number of carbonyl (C=O) groups excluding carboxylic acids is 1. The summed E-state index contributed by atoms with van der Waals surface area (Å²) in [6, 6.07) is 19.3. The van der Waals surface area contributed by atoms with Crippen LogP contribution in [0.1, 0.15) is 29.2 Å². The zero-order valence-electron chi connectivity index (χ0n) is 19.1. The predicted octanol–water partition coefficient (Wildman–Crippen LogP) is 7.19. The Morgan fingerprint density at radius 1 is 1.12 bits per heavy atom. The molecule has 3 aromatic carbocycles. The molecule has 0 aliphatic carbocycles. The van der Waals surface area contributed by atoms with Crippen molar-refractivity contribution in [1.29, 1.82) is 5.26 Å². The Morgan fingerprint density at radius 2 is 1.85 bits per heavy atom. The SMILES string of the molecule is CCOc1cc(/C=C(/C#N)C(=O)Nc2ccc(C)cc2C)cc(I)c1OCc1ccc(Br)cc1. The number of nitriles is 1. The summed E-state index contributed by atoms with van der Waals surface area (Å²) >= 11 is 5.61. The lowest BCUT2D eigenvalue weighted by Gasteiger charge is -2.15. The van der Waals surface area contributed by atoms with Gasteiger partial charge in [0.05, 0.1) is 10.2 Å². The van der Waals surface area contributed by atoms with Crippen molar-refractivity contribution in [3.63, 3.8) is 0 Å². The van der Waals surface area contributed by atoms with Crippen LogP contribution in [0, 0.1) is 28.7 Å². The van der Waals surface area contributed by atoms with Gasteiger partial charge in [0.15, 0.2) is 11.5 Å². The van der Waals surface area contributed by atoms with Crippen molar-refractivity contribution in [3.05, 3.63) is 90.5 Å². The number of ether oxygens (including phenoxy) is 2. The van der Waals surface area contributed by atoms with Crippen molar-refractivity contribution in [1.82, 2.24) is 0 Å². The Balaban J connectivity index is 1.85. The van der Waals surface area contributed by atoms with E-state index >= 15 is 0 Å². The number of aryl methyl sites for hydroxylation is 2. The number of halogens is 2. The molecule has 0 saturated carbocycles. The normalized spacial score (nSPS) is 11.0. The highest BCUT2D eigenvalue weighted by Crippen LogP contribution is 2.35. The van der Waals surface area contributed by atoms with Crippen LogP contribution in [-0.2, 0) is 11.4 Å². The van der Waals surface area contributed by atoms with E-state index in [2.05, 4.69) is 43.8 Å². The number of hydrogen-bond acceptors (Lipinski definition) is 4. The van der Waals surface area contributed by atoms with Crippen LogP contribution < -0.4 is 14.8 Å². The second kappa shape index (κ2) is 12.0. The molecule has 0 aromatic heterocycles. The number of rotatable bonds is 8. The minimum atomic E-state index is -0.460. The minimum absolute atomic E-state index is 0.00162. The van der Waals surface area contributed by atoms with Crippen LogP contribution in [0.15, 0.2) is 64.6 Å². The second-order valence-corrected chi connectivity index (χ2v) is 9.70. The number of nitrogens with one attached hydrogen (secondary N) is 1. The van der Waals surface area contributed by atoms with Crippen LogP contribution in [0.3, 0.4) is 0 Å². The second-order valence-electron chi connectivity index (χ2n) is 7.62. The first-order chi connectivity index (χ1) is 16.3. The Kier molecular flexibility index (Phi) is 9.13. The third-order valence-corrected chi connectivity index (χ3v) is 6.26. The Bertz CT molecular complexity index is 1260.